The van der Waals surface area contributed by atoms with Crippen molar-refractivity contribution in [1.82, 2.24) is 9.78 Å². The lowest BCUT2D eigenvalue weighted by molar-refractivity contribution is 0.636. The molecule has 1 aliphatic carbocycles. The average molecular weight is 350 g/mol. The standard InChI is InChI=1S/C17H20ClN3OS/c1-21-16(22)15(18)14(11-20-21)19-12-17(9-5-6-10-17)23-13-7-3-2-4-8-13/h2-4,7-8,11,19H,5-6,9-10,12H2,1H3. The lowest BCUT2D eigenvalue weighted by atomic mass is 10.1. The summed E-state index contributed by atoms with van der Waals surface area (Å²) < 4.78 is 1.39. The van der Waals surface area contributed by atoms with Crippen LogP contribution >= 0.6 is 23.4 Å². The maximum atomic E-state index is 11.9. The van der Waals surface area contributed by atoms with E-state index < -0.39 is 0 Å². The third-order valence-corrected chi connectivity index (χ3v) is 6.13. The molecule has 0 radical (unpaired) electrons. The summed E-state index contributed by atoms with van der Waals surface area (Å²) in [7, 11) is 1.60. The maximum Gasteiger partial charge on any atom is 0.287 e. The lowest BCUT2D eigenvalue weighted by Crippen LogP contribution is -2.31. The Labute approximate surface area is 145 Å². The minimum Gasteiger partial charge on any atom is -0.381 e. The Bertz CT molecular complexity index is 726. The van der Waals surface area contributed by atoms with Crippen LogP contribution in [0.15, 0.2) is 46.2 Å². The van der Waals surface area contributed by atoms with Gasteiger partial charge in [-0.25, -0.2) is 4.68 Å². The Balaban J connectivity index is 1.76. The summed E-state index contributed by atoms with van der Waals surface area (Å²) >= 11 is 8.07. The van der Waals surface area contributed by atoms with Crippen LogP contribution in [0.1, 0.15) is 25.7 Å². The van der Waals surface area contributed by atoms with Gasteiger partial charge in [-0.15, -0.1) is 11.8 Å². The summed E-state index contributed by atoms with van der Waals surface area (Å²) in [6.07, 6.45) is 6.43. The first-order valence-electron chi connectivity index (χ1n) is 7.79. The predicted octanol–water partition coefficient (Wildman–Crippen LogP) is 3.95. The van der Waals surface area contributed by atoms with Gasteiger partial charge in [-0.3, -0.25) is 4.79 Å². The van der Waals surface area contributed by atoms with E-state index in [0.29, 0.717) is 5.69 Å². The number of aromatic nitrogens is 2. The van der Waals surface area contributed by atoms with Gasteiger partial charge in [0.15, 0.2) is 0 Å². The summed E-state index contributed by atoms with van der Waals surface area (Å²) in [4.78, 5) is 13.2. The first-order valence-corrected chi connectivity index (χ1v) is 8.99. The highest BCUT2D eigenvalue weighted by Gasteiger charge is 2.35. The number of aryl methyl sites for hydroxylation is 1. The molecule has 3 rings (SSSR count). The number of halogens is 1. The molecule has 23 heavy (non-hydrogen) atoms. The third-order valence-electron chi connectivity index (χ3n) is 4.27. The van der Waals surface area contributed by atoms with Crippen LogP contribution in [0.3, 0.4) is 0 Å². The molecule has 0 bridgehead atoms. The number of hydrogen-bond acceptors (Lipinski definition) is 4. The topological polar surface area (TPSA) is 46.9 Å². The van der Waals surface area contributed by atoms with Gasteiger partial charge >= 0.3 is 0 Å². The monoisotopic (exact) mass is 349 g/mol. The minimum atomic E-state index is -0.271. The number of anilines is 1. The first-order chi connectivity index (χ1) is 11.1. The van der Waals surface area contributed by atoms with Crippen LogP contribution < -0.4 is 10.9 Å². The Hall–Kier alpha value is -1.46. The highest BCUT2D eigenvalue weighted by molar-refractivity contribution is 8.00. The second kappa shape index (κ2) is 6.97. The van der Waals surface area contributed by atoms with Crippen molar-refractivity contribution in [3.05, 3.63) is 51.9 Å². The van der Waals surface area contributed by atoms with Crippen LogP contribution in [-0.2, 0) is 7.05 Å². The van der Waals surface area contributed by atoms with Crippen LogP contribution in [0.2, 0.25) is 5.02 Å². The molecule has 122 valence electrons. The predicted molar refractivity (Wildman–Crippen MR) is 96.5 cm³/mol. The van der Waals surface area contributed by atoms with E-state index in [1.807, 2.05) is 17.8 Å². The van der Waals surface area contributed by atoms with Crippen molar-refractivity contribution >= 4 is 29.1 Å². The first kappa shape index (κ1) is 16.4. The molecule has 1 heterocycles. The minimum absolute atomic E-state index is 0.145. The van der Waals surface area contributed by atoms with E-state index in [1.54, 1.807) is 13.2 Å². The van der Waals surface area contributed by atoms with Gasteiger partial charge in [-0.2, -0.15) is 5.10 Å². The molecule has 0 amide bonds. The molecular weight excluding hydrogens is 330 g/mol. The van der Waals surface area contributed by atoms with E-state index in [2.05, 4.69) is 34.7 Å². The smallest absolute Gasteiger partial charge is 0.287 e. The molecule has 1 saturated carbocycles. The summed E-state index contributed by atoms with van der Waals surface area (Å²) in [5, 5.41) is 7.61. The number of nitrogens with one attached hydrogen (secondary N) is 1. The highest BCUT2D eigenvalue weighted by Crippen LogP contribution is 2.45. The Morgan fingerprint density at radius 2 is 2.00 bits per heavy atom. The number of nitrogens with zero attached hydrogens (tertiary/aromatic N) is 2. The highest BCUT2D eigenvalue weighted by atomic mass is 35.5. The normalized spacial score (nSPS) is 16.4. The third kappa shape index (κ3) is 3.72. The molecule has 2 aromatic rings. The fraction of sp³-hybridized carbons (Fsp3) is 0.412. The zero-order valence-electron chi connectivity index (χ0n) is 13.1. The summed E-state index contributed by atoms with van der Waals surface area (Å²) in [6, 6.07) is 10.5. The number of thioether (sulfide) groups is 1. The van der Waals surface area contributed by atoms with Crippen molar-refractivity contribution in [1.29, 1.82) is 0 Å². The van der Waals surface area contributed by atoms with Gasteiger partial charge in [-0.1, -0.05) is 42.6 Å². The van der Waals surface area contributed by atoms with Crippen molar-refractivity contribution in [2.24, 2.45) is 7.05 Å². The molecule has 1 aromatic heterocycles. The molecule has 0 unspecified atom stereocenters. The van der Waals surface area contributed by atoms with Gasteiger partial charge in [0, 0.05) is 23.2 Å². The quantitative estimate of drug-likeness (QED) is 0.887. The van der Waals surface area contributed by atoms with Crippen LogP contribution in [-0.4, -0.2) is 21.1 Å². The molecule has 6 heteroatoms. The van der Waals surface area contributed by atoms with E-state index in [9.17, 15) is 4.79 Å². The fourth-order valence-corrected chi connectivity index (χ4v) is 4.63. The summed E-state index contributed by atoms with van der Waals surface area (Å²) in [5.74, 6) is 0. The molecule has 1 N–H and O–H groups in total. The van der Waals surface area contributed by atoms with Crippen LogP contribution in [0, 0.1) is 0 Å². The van der Waals surface area contributed by atoms with Crippen molar-refractivity contribution < 1.29 is 0 Å². The van der Waals surface area contributed by atoms with Crippen molar-refractivity contribution in [2.75, 3.05) is 11.9 Å². The average Bonchev–Trinajstić information content (AvgIpc) is 3.02. The van der Waals surface area contributed by atoms with E-state index in [-0.39, 0.29) is 15.3 Å². The van der Waals surface area contributed by atoms with E-state index in [4.69, 9.17) is 11.6 Å². The van der Waals surface area contributed by atoms with Crippen LogP contribution in [0.4, 0.5) is 5.69 Å². The Morgan fingerprint density at radius 3 is 2.70 bits per heavy atom. The Kier molecular flexibility index (Phi) is 4.97. The van der Waals surface area contributed by atoms with Gasteiger partial charge in [0.05, 0.1) is 11.9 Å². The van der Waals surface area contributed by atoms with Gasteiger partial charge in [0.25, 0.3) is 5.56 Å². The van der Waals surface area contributed by atoms with Gasteiger partial charge in [0.1, 0.15) is 5.02 Å². The van der Waals surface area contributed by atoms with E-state index >= 15 is 0 Å². The van der Waals surface area contributed by atoms with Gasteiger partial charge < -0.3 is 5.32 Å². The zero-order valence-corrected chi connectivity index (χ0v) is 14.7. The molecule has 0 saturated heterocycles. The molecule has 1 aromatic carbocycles. The van der Waals surface area contributed by atoms with Gasteiger partial charge in [-0.05, 0) is 25.0 Å². The second-order valence-corrected chi connectivity index (χ2v) is 7.88. The molecule has 0 atom stereocenters. The van der Waals surface area contributed by atoms with Crippen molar-refractivity contribution in [3.63, 3.8) is 0 Å². The number of hydrogen-bond donors (Lipinski definition) is 1. The van der Waals surface area contributed by atoms with E-state index in [1.165, 1.54) is 22.4 Å². The fourth-order valence-electron chi connectivity index (χ4n) is 2.96. The van der Waals surface area contributed by atoms with Crippen LogP contribution in [0.25, 0.3) is 0 Å². The molecule has 1 fully saturated rings. The zero-order chi connectivity index (χ0) is 16.3. The molecule has 1 aliphatic rings. The summed E-state index contributed by atoms with van der Waals surface area (Å²) in [5.41, 5.74) is 0.350. The molecule has 0 aliphatic heterocycles. The van der Waals surface area contributed by atoms with Gasteiger partial charge in [0.2, 0.25) is 0 Å². The summed E-state index contributed by atoms with van der Waals surface area (Å²) in [6.45, 7) is 0.779. The SMILES string of the molecule is Cn1ncc(NCC2(Sc3ccccc3)CCCC2)c(Cl)c1=O. The Morgan fingerprint density at radius 1 is 1.30 bits per heavy atom. The molecule has 4 nitrogen and oxygen atoms in total. The van der Waals surface area contributed by atoms with Crippen molar-refractivity contribution in [2.45, 2.75) is 35.3 Å². The second-order valence-electron chi connectivity index (χ2n) is 5.96. The molecule has 0 spiro atoms. The largest absolute Gasteiger partial charge is 0.381 e. The lowest BCUT2D eigenvalue weighted by Gasteiger charge is -2.29. The molecular formula is C17H20ClN3OS. The van der Waals surface area contributed by atoms with Crippen LogP contribution in [0.5, 0.6) is 0 Å². The maximum absolute atomic E-state index is 11.9. The number of rotatable bonds is 5. The van der Waals surface area contributed by atoms with E-state index in [0.717, 1.165) is 19.4 Å². The number of benzene rings is 1. The van der Waals surface area contributed by atoms with Crippen molar-refractivity contribution in [3.8, 4) is 0 Å².